The summed E-state index contributed by atoms with van der Waals surface area (Å²) in [6.45, 7) is 12.1. The molecule has 2 heteroatoms. The van der Waals surface area contributed by atoms with Crippen LogP contribution in [0.15, 0.2) is 24.3 Å². The number of aryl methyl sites for hydroxylation is 1. The number of nitrogens with one attached hydrogen (secondary N) is 1. The summed E-state index contributed by atoms with van der Waals surface area (Å²) < 4.78 is 0. The first-order chi connectivity index (χ1) is 8.54. The van der Waals surface area contributed by atoms with Crippen molar-refractivity contribution in [2.24, 2.45) is 5.92 Å². The lowest BCUT2D eigenvalue weighted by Crippen LogP contribution is -2.43. The molecule has 2 nitrogen and oxygen atoms in total. The van der Waals surface area contributed by atoms with Crippen LogP contribution >= 0.6 is 0 Å². The van der Waals surface area contributed by atoms with E-state index < -0.39 is 0 Å². The largest absolute Gasteiger partial charge is 0.315 e. The summed E-state index contributed by atoms with van der Waals surface area (Å²) in [6.07, 6.45) is 0. The molecule has 0 amide bonds. The van der Waals surface area contributed by atoms with E-state index in [1.807, 2.05) is 0 Å². The molecule has 1 unspecified atom stereocenters. The molecule has 0 aromatic heterocycles. The summed E-state index contributed by atoms with van der Waals surface area (Å²) in [6, 6.07) is 9.38. The minimum absolute atomic E-state index is 0.588. The molecule has 1 rings (SSSR count). The maximum atomic E-state index is 3.47. The van der Waals surface area contributed by atoms with Gasteiger partial charge >= 0.3 is 0 Å². The monoisotopic (exact) mass is 248 g/mol. The molecule has 1 atom stereocenters. The first-order valence-corrected chi connectivity index (χ1v) is 7.01. The van der Waals surface area contributed by atoms with E-state index in [2.05, 4.69) is 69.2 Å². The molecule has 18 heavy (non-hydrogen) atoms. The Hall–Kier alpha value is -0.860. The van der Waals surface area contributed by atoms with Crippen LogP contribution < -0.4 is 5.32 Å². The molecule has 0 bridgehead atoms. The molecule has 1 aromatic carbocycles. The molecule has 102 valence electrons. The van der Waals surface area contributed by atoms with Crippen molar-refractivity contribution in [1.29, 1.82) is 0 Å². The summed E-state index contributed by atoms with van der Waals surface area (Å²) in [5.41, 5.74) is 2.74. The minimum Gasteiger partial charge on any atom is -0.315 e. The normalized spacial score (nSPS) is 13.3. The fraction of sp³-hybridized carbons (Fsp3) is 0.625. The fourth-order valence-corrected chi connectivity index (χ4v) is 2.41. The highest BCUT2D eigenvalue weighted by atomic mass is 15.1. The van der Waals surface area contributed by atoms with Crippen molar-refractivity contribution in [1.82, 2.24) is 10.2 Å². The quantitative estimate of drug-likeness (QED) is 0.798. The number of hydrogen-bond donors (Lipinski definition) is 1. The highest BCUT2D eigenvalue weighted by Crippen LogP contribution is 2.13. The molecule has 1 N–H and O–H groups in total. The summed E-state index contributed by atoms with van der Waals surface area (Å²) in [7, 11) is 2.23. The average molecular weight is 248 g/mol. The highest BCUT2D eigenvalue weighted by Gasteiger charge is 2.18. The van der Waals surface area contributed by atoms with Crippen LogP contribution in [-0.2, 0) is 6.54 Å². The summed E-state index contributed by atoms with van der Waals surface area (Å²) >= 11 is 0. The Kier molecular flexibility index (Phi) is 6.37. The standard InChI is InChI=1S/C16H28N2/c1-6-17-11-16(13(2)3)18(5)12-15-9-7-8-14(4)10-15/h7-10,13,16-17H,6,11-12H2,1-5H3. The van der Waals surface area contributed by atoms with Gasteiger partial charge in [-0.25, -0.2) is 0 Å². The second-order valence-electron chi connectivity index (χ2n) is 5.52. The van der Waals surface area contributed by atoms with E-state index in [9.17, 15) is 0 Å². The molecular weight excluding hydrogens is 220 g/mol. The third kappa shape index (κ3) is 4.79. The van der Waals surface area contributed by atoms with Gasteiger partial charge in [0, 0.05) is 19.1 Å². The van der Waals surface area contributed by atoms with Crippen molar-refractivity contribution in [2.45, 2.75) is 40.3 Å². The highest BCUT2D eigenvalue weighted by molar-refractivity contribution is 5.22. The number of hydrogen-bond acceptors (Lipinski definition) is 2. The lowest BCUT2D eigenvalue weighted by atomic mass is 10.0. The van der Waals surface area contributed by atoms with E-state index in [1.54, 1.807) is 0 Å². The van der Waals surface area contributed by atoms with Crippen LogP contribution in [0.3, 0.4) is 0 Å². The van der Waals surface area contributed by atoms with Gasteiger partial charge in [0.25, 0.3) is 0 Å². The maximum Gasteiger partial charge on any atom is 0.0244 e. The lowest BCUT2D eigenvalue weighted by molar-refractivity contribution is 0.180. The van der Waals surface area contributed by atoms with Gasteiger partial charge in [-0.05, 0) is 32.0 Å². The minimum atomic E-state index is 0.588. The number of benzene rings is 1. The van der Waals surface area contributed by atoms with E-state index in [-0.39, 0.29) is 0 Å². The SMILES string of the molecule is CCNCC(C(C)C)N(C)Cc1cccc(C)c1. The van der Waals surface area contributed by atoms with Crippen molar-refractivity contribution in [3.8, 4) is 0 Å². The molecule has 0 heterocycles. The summed E-state index contributed by atoms with van der Waals surface area (Å²) in [5, 5.41) is 3.47. The van der Waals surface area contributed by atoms with Crippen molar-refractivity contribution in [3.05, 3.63) is 35.4 Å². The van der Waals surface area contributed by atoms with Gasteiger partial charge < -0.3 is 5.32 Å². The predicted octanol–water partition coefficient (Wildman–Crippen LogP) is 3.06. The van der Waals surface area contributed by atoms with Crippen LogP contribution in [0, 0.1) is 12.8 Å². The first kappa shape index (κ1) is 15.2. The van der Waals surface area contributed by atoms with Gasteiger partial charge in [0.2, 0.25) is 0 Å². The smallest absolute Gasteiger partial charge is 0.0244 e. The average Bonchev–Trinajstić information content (AvgIpc) is 2.29. The Bertz CT molecular complexity index is 347. The molecule has 0 aliphatic heterocycles. The topological polar surface area (TPSA) is 15.3 Å². The van der Waals surface area contributed by atoms with Crippen LogP contribution in [0.4, 0.5) is 0 Å². The second kappa shape index (κ2) is 7.55. The molecule has 0 saturated carbocycles. The van der Waals surface area contributed by atoms with Gasteiger partial charge in [0.15, 0.2) is 0 Å². The van der Waals surface area contributed by atoms with Gasteiger partial charge in [-0.3, -0.25) is 4.90 Å². The third-order valence-electron chi connectivity index (χ3n) is 3.45. The van der Waals surface area contributed by atoms with E-state index in [1.165, 1.54) is 11.1 Å². The van der Waals surface area contributed by atoms with Gasteiger partial charge in [-0.2, -0.15) is 0 Å². The van der Waals surface area contributed by atoms with Crippen molar-refractivity contribution >= 4 is 0 Å². The van der Waals surface area contributed by atoms with Gasteiger partial charge in [-0.1, -0.05) is 50.6 Å². The Morgan fingerprint density at radius 2 is 2.00 bits per heavy atom. The molecule has 0 fully saturated rings. The Labute approximate surface area is 112 Å². The van der Waals surface area contributed by atoms with E-state index in [0.717, 1.165) is 19.6 Å². The zero-order chi connectivity index (χ0) is 13.5. The number of nitrogens with zero attached hydrogens (tertiary/aromatic N) is 1. The molecule has 0 aliphatic carbocycles. The number of rotatable bonds is 7. The first-order valence-electron chi connectivity index (χ1n) is 7.01. The molecule has 1 aromatic rings. The number of likely N-dealkylation sites (N-methyl/N-ethyl adjacent to an activating group) is 2. The van der Waals surface area contributed by atoms with Crippen molar-refractivity contribution in [3.63, 3.8) is 0 Å². The van der Waals surface area contributed by atoms with Gasteiger partial charge in [0.05, 0.1) is 0 Å². The van der Waals surface area contributed by atoms with Gasteiger partial charge in [-0.15, -0.1) is 0 Å². The molecule has 0 aliphatic rings. The van der Waals surface area contributed by atoms with Crippen molar-refractivity contribution < 1.29 is 0 Å². The summed E-state index contributed by atoms with van der Waals surface area (Å²) in [5.74, 6) is 0.666. The Balaban J connectivity index is 2.63. The second-order valence-corrected chi connectivity index (χ2v) is 5.52. The van der Waals surface area contributed by atoms with Gasteiger partial charge in [0.1, 0.15) is 0 Å². The maximum absolute atomic E-state index is 3.47. The third-order valence-corrected chi connectivity index (χ3v) is 3.45. The Morgan fingerprint density at radius 1 is 1.28 bits per heavy atom. The molecule has 0 radical (unpaired) electrons. The molecule has 0 spiro atoms. The zero-order valence-corrected chi connectivity index (χ0v) is 12.5. The predicted molar refractivity (Wildman–Crippen MR) is 79.8 cm³/mol. The van der Waals surface area contributed by atoms with Crippen molar-refractivity contribution in [2.75, 3.05) is 20.1 Å². The Morgan fingerprint density at radius 3 is 2.56 bits per heavy atom. The van der Waals surface area contributed by atoms with Crippen LogP contribution in [0.2, 0.25) is 0 Å². The molecular formula is C16H28N2. The van der Waals surface area contributed by atoms with E-state index in [0.29, 0.717) is 12.0 Å². The zero-order valence-electron chi connectivity index (χ0n) is 12.5. The van der Waals surface area contributed by atoms with E-state index >= 15 is 0 Å². The lowest BCUT2D eigenvalue weighted by Gasteiger charge is -2.31. The summed E-state index contributed by atoms with van der Waals surface area (Å²) in [4.78, 5) is 2.46. The van der Waals surface area contributed by atoms with Crippen LogP contribution in [0.5, 0.6) is 0 Å². The van der Waals surface area contributed by atoms with Crippen LogP contribution in [0.1, 0.15) is 31.9 Å². The fourth-order valence-electron chi connectivity index (χ4n) is 2.41. The van der Waals surface area contributed by atoms with Crippen LogP contribution in [0.25, 0.3) is 0 Å². The molecule has 0 saturated heterocycles. The van der Waals surface area contributed by atoms with Crippen LogP contribution in [-0.4, -0.2) is 31.1 Å². The van der Waals surface area contributed by atoms with E-state index in [4.69, 9.17) is 0 Å².